The third kappa shape index (κ3) is 2.60. The Morgan fingerprint density at radius 2 is 2.15 bits per heavy atom. The molecule has 2 heterocycles. The predicted octanol–water partition coefficient (Wildman–Crippen LogP) is 2.67. The van der Waals surface area contributed by atoms with Gasteiger partial charge in [-0.25, -0.2) is 4.98 Å². The summed E-state index contributed by atoms with van der Waals surface area (Å²) in [6.45, 7) is 4.09. The molecule has 3 rings (SSSR count). The highest BCUT2D eigenvalue weighted by Gasteiger charge is 2.15. The van der Waals surface area contributed by atoms with Crippen LogP contribution in [0.5, 0.6) is 11.5 Å². The topological polar surface area (TPSA) is 60.5 Å². The highest BCUT2D eigenvalue weighted by Crippen LogP contribution is 2.34. The van der Waals surface area contributed by atoms with Crippen LogP contribution in [-0.2, 0) is 11.2 Å². The number of aryl methyl sites for hydroxylation is 2. The van der Waals surface area contributed by atoms with Gasteiger partial charge in [-0.1, -0.05) is 0 Å². The number of rotatable bonds is 3. The standard InChI is InChI=1S/C14H14N2O3S/c1-8-13(20-9(2)15-8)6-14(17)16-10-3-4-11-12(5-10)19-7-18-11/h3-5H,6-7H2,1-2H3,(H,16,17). The van der Waals surface area contributed by atoms with Crippen LogP contribution in [0.3, 0.4) is 0 Å². The first kappa shape index (κ1) is 12.9. The van der Waals surface area contributed by atoms with Gasteiger partial charge in [0.25, 0.3) is 0 Å². The molecule has 1 aliphatic rings. The van der Waals surface area contributed by atoms with E-state index in [1.54, 1.807) is 29.5 Å². The van der Waals surface area contributed by atoms with Crippen molar-refractivity contribution in [3.05, 3.63) is 33.8 Å². The highest BCUT2D eigenvalue weighted by molar-refractivity contribution is 7.11. The lowest BCUT2D eigenvalue weighted by Crippen LogP contribution is -2.14. The summed E-state index contributed by atoms with van der Waals surface area (Å²) in [5, 5.41) is 3.84. The van der Waals surface area contributed by atoms with Gasteiger partial charge < -0.3 is 14.8 Å². The van der Waals surface area contributed by atoms with E-state index >= 15 is 0 Å². The van der Waals surface area contributed by atoms with Crippen molar-refractivity contribution in [2.75, 3.05) is 12.1 Å². The molecular weight excluding hydrogens is 276 g/mol. The Labute approximate surface area is 120 Å². The van der Waals surface area contributed by atoms with Crippen LogP contribution in [0.25, 0.3) is 0 Å². The molecule has 0 saturated heterocycles. The molecule has 0 aliphatic carbocycles. The Bertz CT molecular complexity index is 666. The van der Waals surface area contributed by atoms with E-state index in [4.69, 9.17) is 9.47 Å². The quantitative estimate of drug-likeness (QED) is 0.944. The van der Waals surface area contributed by atoms with E-state index in [2.05, 4.69) is 10.3 Å². The van der Waals surface area contributed by atoms with Gasteiger partial charge in [-0.3, -0.25) is 4.79 Å². The first-order chi connectivity index (χ1) is 9.61. The Kier molecular flexibility index (Phi) is 3.31. The van der Waals surface area contributed by atoms with Crippen LogP contribution in [0.4, 0.5) is 5.69 Å². The summed E-state index contributed by atoms with van der Waals surface area (Å²) in [5.41, 5.74) is 1.63. The van der Waals surface area contributed by atoms with E-state index in [0.29, 0.717) is 23.6 Å². The van der Waals surface area contributed by atoms with Crippen molar-refractivity contribution < 1.29 is 14.3 Å². The molecular formula is C14H14N2O3S. The van der Waals surface area contributed by atoms with Gasteiger partial charge >= 0.3 is 0 Å². The Morgan fingerprint density at radius 3 is 2.90 bits per heavy atom. The minimum absolute atomic E-state index is 0.0596. The Balaban J connectivity index is 1.68. The number of aromatic nitrogens is 1. The number of nitrogens with one attached hydrogen (secondary N) is 1. The van der Waals surface area contributed by atoms with Crippen molar-refractivity contribution in [2.24, 2.45) is 0 Å². The molecule has 1 aromatic heterocycles. The molecule has 1 aromatic carbocycles. The van der Waals surface area contributed by atoms with Crippen LogP contribution in [-0.4, -0.2) is 17.7 Å². The molecule has 0 atom stereocenters. The summed E-state index contributed by atoms with van der Waals surface area (Å²) in [6.07, 6.45) is 0.339. The molecule has 0 spiro atoms. The number of anilines is 1. The maximum atomic E-state index is 12.0. The molecule has 6 heteroatoms. The Morgan fingerprint density at radius 1 is 1.35 bits per heavy atom. The van der Waals surface area contributed by atoms with Crippen molar-refractivity contribution in [1.29, 1.82) is 0 Å². The first-order valence-electron chi connectivity index (χ1n) is 6.24. The van der Waals surface area contributed by atoms with E-state index in [1.807, 2.05) is 13.8 Å². The zero-order chi connectivity index (χ0) is 14.1. The van der Waals surface area contributed by atoms with E-state index < -0.39 is 0 Å². The molecule has 1 N–H and O–H groups in total. The van der Waals surface area contributed by atoms with Gasteiger partial charge in [-0.15, -0.1) is 11.3 Å². The average Bonchev–Trinajstić information content (AvgIpc) is 2.96. The Hall–Kier alpha value is -2.08. The summed E-state index contributed by atoms with van der Waals surface area (Å²) in [4.78, 5) is 17.4. The van der Waals surface area contributed by atoms with E-state index in [-0.39, 0.29) is 12.7 Å². The lowest BCUT2D eigenvalue weighted by molar-refractivity contribution is -0.115. The van der Waals surface area contributed by atoms with Gasteiger partial charge in [0.15, 0.2) is 11.5 Å². The van der Waals surface area contributed by atoms with Crippen molar-refractivity contribution >= 4 is 22.9 Å². The van der Waals surface area contributed by atoms with Crippen molar-refractivity contribution in [3.63, 3.8) is 0 Å². The lowest BCUT2D eigenvalue weighted by Gasteiger charge is -2.05. The molecule has 2 aromatic rings. The highest BCUT2D eigenvalue weighted by atomic mass is 32.1. The second kappa shape index (κ2) is 5.13. The summed E-state index contributed by atoms with van der Waals surface area (Å²) in [6, 6.07) is 5.36. The SMILES string of the molecule is Cc1nc(C)c(CC(=O)Nc2ccc3c(c2)OCO3)s1. The number of amides is 1. The minimum atomic E-state index is -0.0596. The number of hydrogen-bond acceptors (Lipinski definition) is 5. The predicted molar refractivity (Wildman–Crippen MR) is 76.5 cm³/mol. The van der Waals surface area contributed by atoms with E-state index in [1.165, 1.54) is 0 Å². The molecule has 0 radical (unpaired) electrons. The number of fused-ring (bicyclic) bond motifs is 1. The molecule has 1 amide bonds. The fourth-order valence-electron chi connectivity index (χ4n) is 2.06. The summed E-state index contributed by atoms with van der Waals surface area (Å²) < 4.78 is 10.5. The smallest absolute Gasteiger partial charge is 0.231 e. The number of nitrogens with zero attached hydrogens (tertiary/aromatic N) is 1. The zero-order valence-electron chi connectivity index (χ0n) is 11.2. The molecule has 0 bridgehead atoms. The fourth-order valence-corrected chi connectivity index (χ4v) is 3.00. The average molecular weight is 290 g/mol. The number of carbonyl (C=O) groups is 1. The zero-order valence-corrected chi connectivity index (χ0v) is 12.0. The van der Waals surface area contributed by atoms with Gasteiger partial charge in [0.05, 0.1) is 17.1 Å². The van der Waals surface area contributed by atoms with Crippen LogP contribution in [0.15, 0.2) is 18.2 Å². The van der Waals surface area contributed by atoms with E-state index in [9.17, 15) is 4.79 Å². The van der Waals surface area contributed by atoms with Gasteiger partial charge in [-0.2, -0.15) is 0 Å². The van der Waals surface area contributed by atoms with Gasteiger partial charge in [-0.05, 0) is 26.0 Å². The van der Waals surface area contributed by atoms with Crippen LogP contribution in [0, 0.1) is 13.8 Å². The van der Waals surface area contributed by atoms with Crippen LogP contribution in [0.1, 0.15) is 15.6 Å². The van der Waals surface area contributed by atoms with Crippen molar-refractivity contribution in [3.8, 4) is 11.5 Å². The molecule has 20 heavy (non-hydrogen) atoms. The monoisotopic (exact) mass is 290 g/mol. The first-order valence-corrected chi connectivity index (χ1v) is 7.06. The van der Waals surface area contributed by atoms with Crippen molar-refractivity contribution in [1.82, 2.24) is 4.98 Å². The molecule has 0 unspecified atom stereocenters. The summed E-state index contributed by atoms with van der Waals surface area (Å²) >= 11 is 1.56. The van der Waals surface area contributed by atoms with Crippen molar-refractivity contribution in [2.45, 2.75) is 20.3 Å². The van der Waals surface area contributed by atoms with Gasteiger partial charge in [0, 0.05) is 16.6 Å². The minimum Gasteiger partial charge on any atom is -0.454 e. The number of benzene rings is 1. The second-order valence-corrected chi connectivity index (χ2v) is 5.82. The molecule has 5 nitrogen and oxygen atoms in total. The van der Waals surface area contributed by atoms with Crippen LogP contribution >= 0.6 is 11.3 Å². The number of thiazole rings is 1. The van der Waals surface area contributed by atoms with Crippen LogP contribution < -0.4 is 14.8 Å². The number of ether oxygens (including phenoxy) is 2. The number of hydrogen-bond donors (Lipinski definition) is 1. The second-order valence-electron chi connectivity index (χ2n) is 4.53. The third-order valence-electron chi connectivity index (χ3n) is 2.98. The lowest BCUT2D eigenvalue weighted by atomic mass is 10.2. The van der Waals surface area contributed by atoms with Crippen LogP contribution in [0.2, 0.25) is 0 Å². The van der Waals surface area contributed by atoms with E-state index in [0.717, 1.165) is 15.6 Å². The summed E-state index contributed by atoms with van der Waals surface area (Å²) in [7, 11) is 0. The normalized spacial score (nSPS) is 12.5. The molecule has 0 fully saturated rings. The summed E-state index contributed by atoms with van der Waals surface area (Å²) in [5.74, 6) is 1.31. The molecule has 1 aliphatic heterocycles. The maximum absolute atomic E-state index is 12.0. The molecule has 0 saturated carbocycles. The maximum Gasteiger partial charge on any atom is 0.231 e. The fraction of sp³-hybridized carbons (Fsp3) is 0.286. The van der Waals surface area contributed by atoms with Gasteiger partial charge in [0.1, 0.15) is 0 Å². The largest absolute Gasteiger partial charge is 0.454 e. The number of carbonyl (C=O) groups excluding carboxylic acids is 1. The molecule has 104 valence electrons. The third-order valence-corrected chi connectivity index (χ3v) is 4.05. The van der Waals surface area contributed by atoms with Gasteiger partial charge in [0.2, 0.25) is 12.7 Å².